The molecule has 1 N–H and O–H groups in total. The van der Waals surface area contributed by atoms with Gasteiger partial charge in [0.15, 0.2) is 0 Å². The number of carbonyl (C=O) groups excluding carboxylic acids is 1. The van der Waals surface area contributed by atoms with Gasteiger partial charge in [0.1, 0.15) is 6.33 Å². The smallest absolute Gasteiger partial charge is 0.247 e. The van der Waals surface area contributed by atoms with Crippen LogP contribution in [0, 0.1) is 0 Å². The summed E-state index contributed by atoms with van der Waals surface area (Å²) in [5.74, 6) is -0.217. The first kappa shape index (κ1) is 12.2. The van der Waals surface area contributed by atoms with Gasteiger partial charge >= 0.3 is 0 Å². The Labute approximate surface area is 116 Å². The molecule has 0 saturated heterocycles. The number of para-hydroxylation sites is 2. The predicted molar refractivity (Wildman–Crippen MR) is 79.9 cm³/mol. The van der Waals surface area contributed by atoms with E-state index >= 15 is 0 Å². The van der Waals surface area contributed by atoms with Gasteiger partial charge in [0.25, 0.3) is 0 Å². The normalized spacial score (nSPS) is 10.4. The fourth-order valence-electron chi connectivity index (χ4n) is 2.06. The molecule has 3 aromatic rings. The summed E-state index contributed by atoms with van der Waals surface area (Å²) in [6.07, 6.45) is 3.04. The molecule has 0 spiro atoms. The summed E-state index contributed by atoms with van der Waals surface area (Å²) in [4.78, 5) is 15.6. The quantitative estimate of drug-likeness (QED) is 0.738. The molecule has 0 unspecified atom stereocenters. The van der Waals surface area contributed by atoms with Crippen LogP contribution in [0.3, 0.4) is 0 Å². The Morgan fingerprint density at radius 1 is 1.15 bits per heavy atom. The lowest BCUT2D eigenvalue weighted by Gasteiger charge is -2.06. The van der Waals surface area contributed by atoms with Gasteiger partial charge in [0.2, 0.25) is 5.91 Å². The lowest BCUT2D eigenvalue weighted by molar-refractivity contribution is -0.111. The van der Waals surface area contributed by atoms with Crippen molar-refractivity contribution >= 4 is 22.6 Å². The maximum Gasteiger partial charge on any atom is 0.247 e. The molecule has 0 aliphatic heterocycles. The molecular weight excluding hydrogens is 250 g/mol. The number of nitrogens with one attached hydrogen (secondary N) is 1. The van der Waals surface area contributed by atoms with E-state index in [-0.39, 0.29) is 5.91 Å². The summed E-state index contributed by atoms with van der Waals surface area (Å²) in [5, 5.41) is 2.72. The van der Waals surface area contributed by atoms with Gasteiger partial charge in [-0.15, -0.1) is 0 Å². The molecule has 1 heterocycles. The largest absolute Gasteiger partial charge is 0.323 e. The van der Waals surface area contributed by atoms with Crippen molar-refractivity contribution in [3.8, 4) is 5.69 Å². The number of aromatic nitrogens is 2. The molecule has 0 atom stereocenters. The number of rotatable bonds is 3. The molecule has 1 aromatic heterocycles. The second-order valence-corrected chi connectivity index (χ2v) is 4.34. The van der Waals surface area contributed by atoms with Gasteiger partial charge in [0.05, 0.1) is 11.0 Å². The van der Waals surface area contributed by atoms with Crippen molar-refractivity contribution in [1.82, 2.24) is 9.55 Å². The molecule has 1 amide bonds. The van der Waals surface area contributed by atoms with Crippen LogP contribution in [0.25, 0.3) is 16.7 Å². The number of anilines is 1. The van der Waals surface area contributed by atoms with Crippen LogP contribution in [0.5, 0.6) is 0 Å². The van der Waals surface area contributed by atoms with Crippen LogP contribution in [-0.2, 0) is 4.79 Å². The van der Waals surface area contributed by atoms with Crippen LogP contribution >= 0.6 is 0 Å². The number of benzene rings is 2. The van der Waals surface area contributed by atoms with Gasteiger partial charge in [0, 0.05) is 11.4 Å². The third-order valence-corrected chi connectivity index (χ3v) is 3.05. The first-order valence-corrected chi connectivity index (χ1v) is 6.24. The van der Waals surface area contributed by atoms with E-state index in [0.717, 1.165) is 22.4 Å². The van der Waals surface area contributed by atoms with Crippen LogP contribution < -0.4 is 5.32 Å². The second kappa shape index (κ2) is 5.01. The summed E-state index contributed by atoms with van der Waals surface area (Å²) < 4.78 is 2.01. The summed E-state index contributed by atoms with van der Waals surface area (Å²) in [6.45, 7) is 3.42. The van der Waals surface area contributed by atoms with E-state index in [0.29, 0.717) is 0 Å². The van der Waals surface area contributed by atoms with E-state index in [1.807, 2.05) is 53.1 Å². The third kappa shape index (κ3) is 2.19. The number of hydrogen-bond donors (Lipinski definition) is 1. The van der Waals surface area contributed by atoms with Crippen molar-refractivity contribution in [1.29, 1.82) is 0 Å². The maximum absolute atomic E-state index is 11.2. The highest BCUT2D eigenvalue weighted by Crippen LogP contribution is 2.19. The van der Waals surface area contributed by atoms with Gasteiger partial charge in [-0.3, -0.25) is 9.36 Å². The molecule has 4 nitrogen and oxygen atoms in total. The highest BCUT2D eigenvalue weighted by Gasteiger charge is 2.04. The maximum atomic E-state index is 11.2. The van der Waals surface area contributed by atoms with Crippen LogP contribution in [0.1, 0.15) is 0 Å². The van der Waals surface area contributed by atoms with Crippen LogP contribution in [0.15, 0.2) is 67.5 Å². The summed E-state index contributed by atoms with van der Waals surface area (Å²) in [7, 11) is 0. The Morgan fingerprint density at radius 3 is 2.65 bits per heavy atom. The van der Waals surface area contributed by atoms with Crippen LogP contribution in [0.2, 0.25) is 0 Å². The van der Waals surface area contributed by atoms with Crippen molar-refractivity contribution in [3.63, 3.8) is 0 Å². The molecule has 98 valence electrons. The third-order valence-electron chi connectivity index (χ3n) is 3.05. The Hall–Kier alpha value is -2.88. The Kier molecular flexibility index (Phi) is 3.05. The molecule has 4 heteroatoms. The van der Waals surface area contributed by atoms with E-state index in [2.05, 4.69) is 16.9 Å². The lowest BCUT2D eigenvalue weighted by Crippen LogP contribution is -2.07. The first-order chi connectivity index (χ1) is 9.78. The molecule has 0 saturated carbocycles. The van der Waals surface area contributed by atoms with Gasteiger partial charge in [-0.1, -0.05) is 18.7 Å². The molecule has 20 heavy (non-hydrogen) atoms. The van der Waals surface area contributed by atoms with E-state index in [4.69, 9.17) is 0 Å². The number of amides is 1. The standard InChI is InChI=1S/C16H13N3O/c1-2-16(20)18-12-7-9-13(10-8-12)19-11-17-14-5-3-4-6-15(14)19/h2-11H,1H2,(H,18,20). The number of hydrogen-bond acceptors (Lipinski definition) is 2. The van der Waals surface area contributed by atoms with E-state index in [1.165, 1.54) is 6.08 Å². The van der Waals surface area contributed by atoms with Crippen molar-refractivity contribution in [3.05, 3.63) is 67.5 Å². The molecule has 0 bridgehead atoms. The average Bonchev–Trinajstić information content (AvgIpc) is 2.92. The SMILES string of the molecule is C=CC(=O)Nc1ccc(-n2cnc3ccccc32)cc1. The zero-order valence-electron chi connectivity index (χ0n) is 10.8. The zero-order chi connectivity index (χ0) is 13.9. The van der Waals surface area contributed by atoms with Crippen LogP contribution in [0.4, 0.5) is 5.69 Å². The molecule has 2 aromatic carbocycles. The van der Waals surface area contributed by atoms with Gasteiger partial charge in [-0.2, -0.15) is 0 Å². The van der Waals surface area contributed by atoms with Crippen molar-refractivity contribution in [2.45, 2.75) is 0 Å². The van der Waals surface area contributed by atoms with Crippen LogP contribution in [-0.4, -0.2) is 15.5 Å². The molecule has 0 fully saturated rings. The molecular formula is C16H13N3O. The Morgan fingerprint density at radius 2 is 1.90 bits per heavy atom. The molecule has 3 rings (SSSR count). The highest BCUT2D eigenvalue weighted by molar-refractivity contribution is 5.98. The van der Waals surface area contributed by atoms with E-state index < -0.39 is 0 Å². The summed E-state index contributed by atoms with van der Waals surface area (Å²) >= 11 is 0. The monoisotopic (exact) mass is 263 g/mol. The minimum atomic E-state index is -0.217. The van der Waals surface area contributed by atoms with Gasteiger partial charge < -0.3 is 5.32 Å². The van der Waals surface area contributed by atoms with Gasteiger partial charge in [-0.05, 0) is 42.5 Å². The number of fused-ring (bicyclic) bond motifs is 1. The minimum Gasteiger partial charge on any atom is -0.323 e. The first-order valence-electron chi connectivity index (χ1n) is 6.24. The number of carbonyl (C=O) groups is 1. The van der Waals surface area contributed by atoms with E-state index in [9.17, 15) is 4.79 Å². The molecule has 0 aliphatic rings. The number of imidazole rings is 1. The fraction of sp³-hybridized carbons (Fsp3) is 0. The Bertz CT molecular complexity index is 772. The van der Waals surface area contributed by atoms with Crippen molar-refractivity contribution in [2.24, 2.45) is 0 Å². The molecule has 0 aliphatic carbocycles. The second-order valence-electron chi connectivity index (χ2n) is 4.34. The highest BCUT2D eigenvalue weighted by atomic mass is 16.1. The molecule has 0 radical (unpaired) electrons. The average molecular weight is 263 g/mol. The summed E-state index contributed by atoms with van der Waals surface area (Å²) in [5.41, 5.74) is 3.74. The Balaban J connectivity index is 1.95. The summed E-state index contributed by atoms with van der Waals surface area (Å²) in [6, 6.07) is 15.5. The number of nitrogens with zero attached hydrogens (tertiary/aromatic N) is 2. The fourth-order valence-corrected chi connectivity index (χ4v) is 2.06. The minimum absolute atomic E-state index is 0.217. The topological polar surface area (TPSA) is 46.9 Å². The van der Waals surface area contributed by atoms with Gasteiger partial charge in [-0.25, -0.2) is 4.98 Å². The van der Waals surface area contributed by atoms with Crippen molar-refractivity contribution in [2.75, 3.05) is 5.32 Å². The zero-order valence-corrected chi connectivity index (χ0v) is 10.8. The van der Waals surface area contributed by atoms with Crippen molar-refractivity contribution < 1.29 is 4.79 Å². The predicted octanol–water partition coefficient (Wildman–Crippen LogP) is 3.15. The lowest BCUT2D eigenvalue weighted by atomic mass is 10.2. The van der Waals surface area contributed by atoms with E-state index in [1.54, 1.807) is 6.33 Å².